The van der Waals surface area contributed by atoms with Crippen LogP contribution in [0.25, 0.3) is 0 Å². The van der Waals surface area contributed by atoms with Crippen LogP contribution in [-0.4, -0.2) is 46.7 Å². The molecule has 2 rings (SSSR count). The molecule has 1 aromatic carbocycles. The molecule has 0 aliphatic carbocycles. The second-order valence-electron chi connectivity index (χ2n) is 5.61. The van der Waals surface area contributed by atoms with Crippen molar-refractivity contribution in [1.29, 1.82) is 0 Å². The summed E-state index contributed by atoms with van der Waals surface area (Å²) in [6.07, 6.45) is 0.440. The molecule has 1 amide bonds. The van der Waals surface area contributed by atoms with Crippen LogP contribution < -0.4 is 10.6 Å². The second kappa shape index (κ2) is 7.49. The highest BCUT2D eigenvalue weighted by Crippen LogP contribution is 2.26. The molecule has 0 radical (unpaired) electrons. The number of amides is 1. The smallest absolute Gasteiger partial charge is 0.237 e. The van der Waals surface area contributed by atoms with Crippen molar-refractivity contribution in [2.75, 3.05) is 6.61 Å². The van der Waals surface area contributed by atoms with Gasteiger partial charge in [0.05, 0.1) is 12.1 Å². The summed E-state index contributed by atoms with van der Waals surface area (Å²) in [4.78, 5) is 23.8. The minimum atomic E-state index is -1.07. The Morgan fingerprint density at radius 2 is 2.00 bits per heavy atom. The summed E-state index contributed by atoms with van der Waals surface area (Å²) in [6, 6.07) is 8.49. The fourth-order valence-corrected chi connectivity index (χ4v) is 2.72. The van der Waals surface area contributed by atoms with Crippen LogP contribution >= 0.6 is 0 Å². The van der Waals surface area contributed by atoms with Gasteiger partial charge in [0.15, 0.2) is 5.78 Å². The Morgan fingerprint density at radius 3 is 2.59 bits per heavy atom. The zero-order valence-corrected chi connectivity index (χ0v) is 12.5. The van der Waals surface area contributed by atoms with E-state index in [9.17, 15) is 14.7 Å². The number of aliphatic hydroxyl groups excluding tert-OH is 2. The molecule has 1 heterocycles. The average Bonchev–Trinajstić information content (AvgIpc) is 3.02. The zero-order chi connectivity index (χ0) is 16.1. The second-order valence-corrected chi connectivity index (χ2v) is 5.61. The van der Waals surface area contributed by atoms with Crippen LogP contribution in [-0.2, 0) is 9.59 Å². The average molecular weight is 306 g/mol. The summed E-state index contributed by atoms with van der Waals surface area (Å²) < 4.78 is 0. The molecule has 0 saturated carbocycles. The van der Waals surface area contributed by atoms with E-state index in [2.05, 4.69) is 10.6 Å². The third-order valence-electron chi connectivity index (χ3n) is 3.95. The maximum absolute atomic E-state index is 12.2. The first kappa shape index (κ1) is 16.6. The lowest BCUT2D eigenvalue weighted by Gasteiger charge is -2.22. The molecule has 0 bridgehead atoms. The Balaban J connectivity index is 1.95. The minimum absolute atomic E-state index is 0.107. The van der Waals surface area contributed by atoms with E-state index in [1.54, 1.807) is 0 Å². The largest absolute Gasteiger partial charge is 0.391 e. The molecule has 1 aromatic rings. The summed E-state index contributed by atoms with van der Waals surface area (Å²) in [5.74, 6) is -0.924. The SMILES string of the molecule is C[C@@H](O)[C@H](NC(=O)[C@@H]1CC[C@H](c2ccccc2)N1)C(=O)CO. The van der Waals surface area contributed by atoms with E-state index in [4.69, 9.17) is 5.11 Å². The lowest BCUT2D eigenvalue weighted by molar-refractivity contribution is -0.132. The lowest BCUT2D eigenvalue weighted by atomic mass is 10.1. The highest BCUT2D eigenvalue weighted by Gasteiger charge is 2.33. The van der Waals surface area contributed by atoms with Crippen molar-refractivity contribution in [3.63, 3.8) is 0 Å². The number of rotatable bonds is 6. The summed E-state index contributed by atoms with van der Waals surface area (Å²) in [5.41, 5.74) is 1.12. The molecule has 6 nitrogen and oxygen atoms in total. The fraction of sp³-hybridized carbons (Fsp3) is 0.500. The van der Waals surface area contributed by atoms with E-state index < -0.39 is 30.6 Å². The van der Waals surface area contributed by atoms with E-state index in [0.717, 1.165) is 12.0 Å². The Kier molecular flexibility index (Phi) is 5.65. The quantitative estimate of drug-likeness (QED) is 0.589. The molecular formula is C16H22N2O4. The molecule has 1 aliphatic heterocycles. The van der Waals surface area contributed by atoms with Crippen molar-refractivity contribution < 1.29 is 19.8 Å². The van der Waals surface area contributed by atoms with Gasteiger partial charge in [-0.15, -0.1) is 0 Å². The number of hydrogen-bond donors (Lipinski definition) is 4. The maximum Gasteiger partial charge on any atom is 0.237 e. The summed E-state index contributed by atoms with van der Waals surface area (Å²) >= 11 is 0. The van der Waals surface area contributed by atoms with Crippen molar-refractivity contribution >= 4 is 11.7 Å². The van der Waals surface area contributed by atoms with Crippen LogP contribution in [0.3, 0.4) is 0 Å². The third-order valence-corrected chi connectivity index (χ3v) is 3.95. The predicted octanol–water partition coefficient (Wildman–Crippen LogP) is -0.0933. The van der Waals surface area contributed by atoms with Gasteiger partial charge in [0.25, 0.3) is 0 Å². The van der Waals surface area contributed by atoms with E-state index in [1.165, 1.54) is 6.92 Å². The van der Waals surface area contributed by atoms with Crippen molar-refractivity contribution in [3.8, 4) is 0 Å². The number of nitrogens with one attached hydrogen (secondary N) is 2. The topological polar surface area (TPSA) is 98.7 Å². The van der Waals surface area contributed by atoms with E-state index >= 15 is 0 Å². The molecule has 0 spiro atoms. The van der Waals surface area contributed by atoms with Crippen molar-refractivity contribution in [1.82, 2.24) is 10.6 Å². The molecule has 1 aliphatic rings. The van der Waals surface area contributed by atoms with E-state index in [-0.39, 0.29) is 11.9 Å². The van der Waals surface area contributed by atoms with Crippen molar-refractivity contribution in [2.45, 2.75) is 44.0 Å². The van der Waals surface area contributed by atoms with E-state index in [1.807, 2.05) is 30.3 Å². The zero-order valence-electron chi connectivity index (χ0n) is 12.5. The van der Waals surface area contributed by atoms with Crippen LogP contribution in [0.15, 0.2) is 30.3 Å². The molecule has 4 N–H and O–H groups in total. The van der Waals surface area contributed by atoms with Crippen LogP contribution in [0, 0.1) is 0 Å². The van der Waals surface area contributed by atoms with Gasteiger partial charge in [0.2, 0.25) is 5.91 Å². The predicted molar refractivity (Wildman–Crippen MR) is 81.0 cm³/mol. The molecule has 1 fully saturated rings. The van der Waals surface area contributed by atoms with Gasteiger partial charge in [-0.25, -0.2) is 0 Å². The standard InChI is InChI=1S/C16H22N2O4/c1-10(20)15(14(21)9-19)18-16(22)13-8-7-12(17-13)11-5-3-2-4-6-11/h2-6,10,12-13,15,17,19-20H,7-9H2,1H3,(H,18,22)/t10-,12-,13+,15+/m1/s1. The van der Waals surface area contributed by atoms with Gasteiger partial charge in [-0.2, -0.15) is 0 Å². The monoisotopic (exact) mass is 306 g/mol. The maximum atomic E-state index is 12.2. The van der Waals surface area contributed by atoms with Gasteiger partial charge in [-0.3, -0.25) is 14.9 Å². The minimum Gasteiger partial charge on any atom is -0.391 e. The molecule has 0 aromatic heterocycles. The number of hydrogen-bond acceptors (Lipinski definition) is 5. The number of benzene rings is 1. The molecule has 6 heteroatoms. The normalized spacial score (nSPS) is 23.8. The third kappa shape index (κ3) is 3.91. The molecular weight excluding hydrogens is 284 g/mol. The van der Waals surface area contributed by atoms with Crippen molar-refractivity contribution in [3.05, 3.63) is 35.9 Å². The van der Waals surface area contributed by atoms with Gasteiger partial charge in [-0.05, 0) is 25.3 Å². The van der Waals surface area contributed by atoms with Gasteiger partial charge < -0.3 is 15.5 Å². The summed E-state index contributed by atoms with van der Waals surface area (Å²) in [6.45, 7) is 0.702. The first-order chi connectivity index (χ1) is 10.5. The van der Waals surface area contributed by atoms with E-state index in [0.29, 0.717) is 6.42 Å². The summed E-state index contributed by atoms with van der Waals surface area (Å²) in [7, 11) is 0. The lowest BCUT2D eigenvalue weighted by Crippen LogP contribution is -2.53. The van der Waals surface area contributed by atoms with Gasteiger partial charge in [-0.1, -0.05) is 30.3 Å². The molecule has 22 heavy (non-hydrogen) atoms. The highest BCUT2D eigenvalue weighted by molar-refractivity contribution is 5.92. The first-order valence-corrected chi connectivity index (χ1v) is 7.46. The number of aliphatic hydroxyl groups is 2. The van der Waals surface area contributed by atoms with Gasteiger partial charge >= 0.3 is 0 Å². The Hall–Kier alpha value is -1.76. The highest BCUT2D eigenvalue weighted by atomic mass is 16.3. The fourth-order valence-electron chi connectivity index (χ4n) is 2.72. The number of Topliss-reactive ketones (excluding diaryl/α,β-unsaturated/α-hetero) is 1. The van der Waals surface area contributed by atoms with Gasteiger partial charge in [0, 0.05) is 6.04 Å². The number of ketones is 1. The van der Waals surface area contributed by atoms with Crippen molar-refractivity contribution in [2.24, 2.45) is 0 Å². The Bertz CT molecular complexity index is 518. The number of carbonyl (C=O) groups is 2. The first-order valence-electron chi connectivity index (χ1n) is 7.46. The summed E-state index contributed by atoms with van der Waals surface area (Å²) in [5, 5.41) is 24.2. The Labute approximate surface area is 129 Å². The van der Waals surface area contributed by atoms with Crippen LogP contribution in [0.5, 0.6) is 0 Å². The van der Waals surface area contributed by atoms with Crippen LogP contribution in [0.2, 0.25) is 0 Å². The number of carbonyl (C=O) groups excluding carboxylic acids is 2. The van der Waals surface area contributed by atoms with Gasteiger partial charge in [0.1, 0.15) is 12.6 Å². The molecule has 120 valence electrons. The van der Waals surface area contributed by atoms with Crippen LogP contribution in [0.4, 0.5) is 0 Å². The molecule has 0 unspecified atom stereocenters. The molecule has 1 saturated heterocycles. The molecule has 4 atom stereocenters. The van der Waals surface area contributed by atoms with Crippen LogP contribution in [0.1, 0.15) is 31.4 Å². The Morgan fingerprint density at radius 1 is 1.32 bits per heavy atom.